The first kappa shape index (κ1) is 20.4. The Morgan fingerprint density at radius 1 is 1.15 bits per heavy atom. The number of nitrogens with zero attached hydrogens (tertiary/aromatic N) is 1. The van der Waals surface area contributed by atoms with Crippen LogP contribution in [-0.2, 0) is 11.0 Å². The Balaban J connectivity index is 2.22. The number of nitrogens with one attached hydrogen (secondary N) is 2. The summed E-state index contributed by atoms with van der Waals surface area (Å²) >= 11 is 5.85. The highest BCUT2D eigenvalue weighted by Crippen LogP contribution is 2.34. The first-order chi connectivity index (χ1) is 12.4. The Bertz CT molecular complexity index is 920. The number of anilines is 3. The Morgan fingerprint density at radius 3 is 2.33 bits per heavy atom. The molecule has 0 bridgehead atoms. The monoisotopic (exact) mass is 396 g/mol. The number of hydrogen-bond donors (Lipinski definition) is 3. The van der Waals surface area contributed by atoms with E-state index in [1.54, 1.807) is 32.0 Å². The molecule has 142 valence electrons. The molecular formula is C18H16ClF3N4O. The number of halogens is 4. The lowest BCUT2D eigenvalue weighted by Gasteiger charge is -2.27. The second-order valence-corrected chi connectivity index (χ2v) is 6.72. The van der Waals surface area contributed by atoms with Crippen LogP contribution in [0.3, 0.4) is 0 Å². The van der Waals surface area contributed by atoms with E-state index in [9.17, 15) is 18.0 Å². The molecule has 0 saturated carbocycles. The quantitative estimate of drug-likeness (QED) is 0.656. The van der Waals surface area contributed by atoms with Gasteiger partial charge in [-0.25, -0.2) is 0 Å². The number of nitrogen functional groups attached to an aromatic ring is 1. The van der Waals surface area contributed by atoms with Crippen LogP contribution < -0.4 is 16.4 Å². The molecule has 0 atom stereocenters. The van der Waals surface area contributed by atoms with Crippen molar-refractivity contribution in [1.29, 1.82) is 5.26 Å². The third kappa shape index (κ3) is 4.83. The molecule has 9 heteroatoms. The molecule has 2 aromatic carbocycles. The van der Waals surface area contributed by atoms with Gasteiger partial charge in [0.05, 0.1) is 27.9 Å². The van der Waals surface area contributed by atoms with Gasteiger partial charge in [-0.15, -0.1) is 0 Å². The third-order valence-corrected chi connectivity index (χ3v) is 4.07. The Hall–Kier alpha value is -2.92. The maximum absolute atomic E-state index is 13.0. The van der Waals surface area contributed by atoms with E-state index in [1.807, 2.05) is 0 Å². The number of amides is 1. The van der Waals surface area contributed by atoms with Crippen LogP contribution in [0, 0.1) is 11.3 Å². The average molecular weight is 397 g/mol. The number of carbonyl (C=O) groups excluding carboxylic acids is 1. The predicted octanol–water partition coefficient (Wildman–Crippen LogP) is 4.64. The second-order valence-electron chi connectivity index (χ2n) is 6.31. The first-order valence-electron chi connectivity index (χ1n) is 7.70. The molecule has 5 nitrogen and oxygen atoms in total. The van der Waals surface area contributed by atoms with E-state index in [-0.39, 0.29) is 5.69 Å². The van der Waals surface area contributed by atoms with Crippen molar-refractivity contribution in [3.8, 4) is 6.07 Å². The molecule has 0 heterocycles. The highest BCUT2D eigenvalue weighted by Gasteiger charge is 2.34. The van der Waals surface area contributed by atoms with Crippen LogP contribution in [0.1, 0.15) is 25.0 Å². The SMILES string of the molecule is CC(C)(Nc1ccc(Cl)c(N)c1)C(=O)Nc1ccc(C#N)c(C(F)(F)F)c1. The van der Waals surface area contributed by atoms with Crippen molar-refractivity contribution in [2.24, 2.45) is 0 Å². The fraction of sp³-hybridized carbons (Fsp3) is 0.222. The lowest BCUT2D eigenvalue weighted by Crippen LogP contribution is -2.44. The minimum absolute atomic E-state index is 0.0724. The fourth-order valence-electron chi connectivity index (χ4n) is 2.28. The molecule has 0 fully saturated rings. The largest absolute Gasteiger partial charge is 0.417 e. The van der Waals surface area contributed by atoms with Gasteiger partial charge < -0.3 is 16.4 Å². The summed E-state index contributed by atoms with van der Waals surface area (Å²) in [6.07, 6.45) is -4.71. The van der Waals surface area contributed by atoms with Crippen molar-refractivity contribution in [3.63, 3.8) is 0 Å². The van der Waals surface area contributed by atoms with E-state index in [1.165, 1.54) is 12.1 Å². The van der Waals surface area contributed by atoms with Crippen LogP contribution in [0.5, 0.6) is 0 Å². The average Bonchev–Trinajstić information content (AvgIpc) is 2.57. The van der Waals surface area contributed by atoms with Crippen molar-refractivity contribution in [2.45, 2.75) is 25.6 Å². The van der Waals surface area contributed by atoms with Gasteiger partial charge >= 0.3 is 6.18 Å². The minimum Gasteiger partial charge on any atom is -0.397 e. The summed E-state index contributed by atoms with van der Waals surface area (Å²) in [4.78, 5) is 12.5. The number of rotatable bonds is 4. The molecule has 0 spiro atoms. The van der Waals surface area contributed by atoms with Crippen molar-refractivity contribution in [3.05, 3.63) is 52.5 Å². The van der Waals surface area contributed by atoms with Crippen LogP contribution >= 0.6 is 11.6 Å². The summed E-state index contributed by atoms with van der Waals surface area (Å²) in [5, 5.41) is 14.6. The number of benzene rings is 2. The Morgan fingerprint density at radius 2 is 1.78 bits per heavy atom. The Labute approximate surface area is 158 Å². The van der Waals surface area contributed by atoms with Crippen LogP contribution in [0.2, 0.25) is 5.02 Å². The van der Waals surface area contributed by atoms with Crippen molar-refractivity contribution < 1.29 is 18.0 Å². The van der Waals surface area contributed by atoms with E-state index >= 15 is 0 Å². The van der Waals surface area contributed by atoms with Crippen molar-refractivity contribution in [2.75, 3.05) is 16.4 Å². The highest BCUT2D eigenvalue weighted by atomic mass is 35.5. The van der Waals surface area contributed by atoms with E-state index in [2.05, 4.69) is 10.6 Å². The predicted molar refractivity (Wildman–Crippen MR) is 98.4 cm³/mol. The molecule has 0 aliphatic rings. The summed E-state index contributed by atoms with van der Waals surface area (Å²) in [6, 6.07) is 9.19. The minimum atomic E-state index is -4.71. The standard InChI is InChI=1S/C18H16ClF3N4O/c1-17(2,26-12-5-6-14(19)15(24)8-12)16(27)25-11-4-3-10(9-23)13(7-11)18(20,21)22/h3-8,26H,24H2,1-2H3,(H,25,27). The zero-order valence-electron chi connectivity index (χ0n) is 14.4. The van der Waals surface area contributed by atoms with Gasteiger partial charge in [0, 0.05) is 11.4 Å². The molecule has 0 radical (unpaired) electrons. The number of nitrogens with two attached hydrogens (primary N) is 1. The maximum atomic E-state index is 13.0. The summed E-state index contributed by atoms with van der Waals surface area (Å²) in [6.45, 7) is 3.11. The van der Waals surface area contributed by atoms with E-state index in [0.717, 1.165) is 12.1 Å². The summed E-state index contributed by atoms with van der Waals surface area (Å²) < 4.78 is 39.1. The summed E-state index contributed by atoms with van der Waals surface area (Å²) in [7, 11) is 0. The molecule has 4 N–H and O–H groups in total. The lowest BCUT2D eigenvalue weighted by molar-refractivity contribution is -0.137. The highest BCUT2D eigenvalue weighted by molar-refractivity contribution is 6.33. The molecule has 2 rings (SSSR count). The van der Waals surface area contributed by atoms with Crippen molar-refractivity contribution >= 4 is 34.6 Å². The molecule has 0 aliphatic heterocycles. The number of nitriles is 1. The summed E-state index contributed by atoms with van der Waals surface area (Å²) in [5.74, 6) is -0.575. The van der Waals surface area contributed by atoms with Crippen LogP contribution in [0.25, 0.3) is 0 Å². The second kappa shape index (κ2) is 7.37. The third-order valence-electron chi connectivity index (χ3n) is 3.72. The van der Waals surface area contributed by atoms with Gasteiger partial charge in [-0.05, 0) is 50.2 Å². The molecule has 0 unspecified atom stereocenters. The molecule has 0 aliphatic carbocycles. The molecular weight excluding hydrogens is 381 g/mol. The topological polar surface area (TPSA) is 90.9 Å². The normalized spacial score (nSPS) is 11.6. The van der Waals surface area contributed by atoms with Gasteiger partial charge in [0.15, 0.2) is 0 Å². The van der Waals surface area contributed by atoms with Gasteiger partial charge in [-0.2, -0.15) is 18.4 Å². The van der Waals surface area contributed by atoms with E-state index < -0.39 is 28.7 Å². The van der Waals surface area contributed by atoms with Gasteiger partial charge in [-0.3, -0.25) is 4.79 Å². The first-order valence-corrected chi connectivity index (χ1v) is 8.08. The van der Waals surface area contributed by atoms with E-state index in [0.29, 0.717) is 16.4 Å². The smallest absolute Gasteiger partial charge is 0.397 e. The maximum Gasteiger partial charge on any atom is 0.417 e. The molecule has 0 aromatic heterocycles. The zero-order valence-corrected chi connectivity index (χ0v) is 15.2. The molecule has 2 aromatic rings. The van der Waals surface area contributed by atoms with Crippen molar-refractivity contribution in [1.82, 2.24) is 0 Å². The number of alkyl halides is 3. The summed E-state index contributed by atoms with van der Waals surface area (Å²) in [5.41, 5.74) is 3.68. The van der Waals surface area contributed by atoms with Crippen LogP contribution in [0.4, 0.5) is 30.2 Å². The fourth-order valence-corrected chi connectivity index (χ4v) is 2.40. The van der Waals surface area contributed by atoms with Gasteiger partial charge in [0.2, 0.25) is 5.91 Å². The van der Waals surface area contributed by atoms with Crippen LogP contribution in [-0.4, -0.2) is 11.4 Å². The van der Waals surface area contributed by atoms with E-state index in [4.69, 9.17) is 22.6 Å². The zero-order chi connectivity index (χ0) is 20.4. The van der Waals surface area contributed by atoms with Crippen LogP contribution in [0.15, 0.2) is 36.4 Å². The van der Waals surface area contributed by atoms with Gasteiger partial charge in [0.1, 0.15) is 5.54 Å². The van der Waals surface area contributed by atoms with Gasteiger partial charge in [0.25, 0.3) is 0 Å². The Kier molecular flexibility index (Phi) is 5.56. The van der Waals surface area contributed by atoms with Gasteiger partial charge in [-0.1, -0.05) is 11.6 Å². The molecule has 0 saturated heterocycles. The number of hydrogen-bond acceptors (Lipinski definition) is 4. The lowest BCUT2D eigenvalue weighted by atomic mass is 10.0. The molecule has 1 amide bonds. The number of carbonyl (C=O) groups is 1. The molecule has 27 heavy (non-hydrogen) atoms.